The highest BCUT2D eigenvalue weighted by Crippen LogP contribution is 2.45. The van der Waals surface area contributed by atoms with Gasteiger partial charge in [-0.15, -0.1) is 0 Å². The molecule has 570 valence electrons. The van der Waals surface area contributed by atoms with Crippen molar-refractivity contribution < 1.29 is 80.2 Å². The predicted molar refractivity (Wildman–Crippen MR) is 391 cm³/mol. The van der Waals surface area contributed by atoms with Gasteiger partial charge >= 0.3 is 39.5 Å². The highest BCUT2D eigenvalue weighted by molar-refractivity contribution is 7.47. The second-order valence-electron chi connectivity index (χ2n) is 29.2. The van der Waals surface area contributed by atoms with Gasteiger partial charge in [-0.25, -0.2) is 9.13 Å². The number of phosphoric acid groups is 2. The summed E-state index contributed by atoms with van der Waals surface area (Å²) in [5.74, 6) is 0.199. The van der Waals surface area contributed by atoms with Crippen LogP contribution < -0.4 is 0 Å². The maximum atomic E-state index is 13.1. The van der Waals surface area contributed by atoms with Crippen LogP contribution in [0.5, 0.6) is 0 Å². The van der Waals surface area contributed by atoms with E-state index in [1.165, 1.54) is 193 Å². The van der Waals surface area contributed by atoms with Crippen molar-refractivity contribution in [2.75, 3.05) is 39.6 Å². The lowest BCUT2D eigenvalue weighted by atomic mass is 10.0. The lowest BCUT2D eigenvalue weighted by Crippen LogP contribution is -2.30. The molecule has 2 unspecified atom stereocenters. The maximum Gasteiger partial charge on any atom is 0.472 e. The lowest BCUT2D eigenvalue weighted by molar-refractivity contribution is -0.161. The molecule has 0 saturated carbocycles. The van der Waals surface area contributed by atoms with Crippen LogP contribution in [0.15, 0.2) is 0 Å². The summed E-state index contributed by atoms with van der Waals surface area (Å²) >= 11 is 0. The van der Waals surface area contributed by atoms with Crippen LogP contribution in [0.1, 0.15) is 395 Å². The van der Waals surface area contributed by atoms with Gasteiger partial charge in [0.2, 0.25) is 0 Å². The summed E-state index contributed by atoms with van der Waals surface area (Å²) in [4.78, 5) is 72.6. The Balaban J connectivity index is 5.15. The van der Waals surface area contributed by atoms with E-state index in [0.717, 1.165) is 115 Å². The monoisotopic (exact) mass is 1410 g/mol. The van der Waals surface area contributed by atoms with Crippen LogP contribution in [0.3, 0.4) is 0 Å². The summed E-state index contributed by atoms with van der Waals surface area (Å²) in [5, 5.41) is 10.6. The number of hydrogen-bond donors (Lipinski definition) is 3. The van der Waals surface area contributed by atoms with Crippen LogP contribution in [0.25, 0.3) is 0 Å². The number of carbonyl (C=O) groups excluding carboxylic acids is 4. The molecule has 0 rings (SSSR count). The zero-order valence-corrected chi connectivity index (χ0v) is 64.6. The van der Waals surface area contributed by atoms with Crippen molar-refractivity contribution >= 4 is 39.5 Å². The molecule has 0 saturated heterocycles. The van der Waals surface area contributed by atoms with Gasteiger partial charge in [-0.3, -0.25) is 37.3 Å². The first-order valence-corrected chi connectivity index (χ1v) is 42.8. The minimum absolute atomic E-state index is 0.103. The molecule has 17 nitrogen and oxygen atoms in total. The molecule has 0 aliphatic carbocycles. The third kappa shape index (κ3) is 70.5. The first kappa shape index (κ1) is 94.1. The quantitative estimate of drug-likeness (QED) is 0.0222. The van der Waals surface area contributed by atoms with Crippen molar-refractivity contribution in [1.82, 2.24) is 0 Å². The minimum Gasteiger partial charge on any atom is -0.462 e. The van der Waals surface area contributed by atoms with E-state index in [2.05, 4.69) is 48.5 Å². The summed E-state index contributed by atoms with van der Waals surface area (Å²) < 4.78 is 68.4. The van der Waals surface area contributed by atoms with Crippen LogP contribution in [0, 0.1) is 17.8 Å². The Morgan fingerprint density at radius 1 is 0.281 bits per heavy atom. The number of carbonyl (C=O) groups is 4. The van der Waals surface area contributed by atoms with Crippen molar-refractivity contribution in [1.29, 1.82) is 0 Å². The van der Waals surface area contributed by atoms with Crippen LogP contribution in [-0.4, -0.2) is 96.7 Å². The molecule has 0 aliphatic heterocycles. The third-order valence-electron chi connectivity index (χ3n) is 17.9. The fourth-order valence-corrected chi connectivity index (χ4v) is 13.4. The van der Waals surface area contributed by atoms with Gasteiger partial charge in [0.05, 0.1) is 26.4 Å². The van der Waals surface area contributed by atoms with E-state index in [1.54, 1.807) is 0 Å². The SMILES string of the molecule is CCCCCCCCCC(=O)OC[C@H](COP(=O)(O)OC[C@H](O)COP(=O)(O)OC[C@@H](COC(=O)CCCCCCCCCCCCCCCCCC(C)C)OC(=O)CCCCCCCCCCCCCCCCCCCCC(C)C)OC(=O)CCCCCCCCCC(C)C. The van der Waals surface area contributed by atoms with Gasteiger partial charge in [-0.1, -0.05) is 344 Å². The summed E-state index contributed by atoms with van der Waals surface area (Å²) in [6, 6.07) is 0. The summed E-state index contributed by atoms with van der Waals surface area (Å²) in [6.07, 6.45) is 54.5. The van der Waals surface area contributed by atoms with E-state index in [-0.39, 0.29) is 25.7 Å². The van der Waals surface area contributed by atoms with Crippen LogP contribution in [0.4, 0.5) is 0 Å². The van der Waals surface area contributed by atoms with Gasteiger partial charge < -0.3 is 33.8 Å². The van der Waals surface area contributed by atoms with Crippen molar-refractivity contribution in [2.24, 2.45) is 17.8 Å². The molecule has 0 aromatic rings. The van der Waals surface area contributed by atoms with Gasteiger partial charge in [-0.05, 0) is 43.4 Å². The van der Waals surface area contributed by atoms with Gasteiger partial charge in [-0.2, -0.15) is 0 Å². The Labute approximate surface area is 588 Å². The average Bonchev–Trinajstić information content (AvgIpc) is 1.80. The fourth-order valence-electron chi connectivity index (χ4n) is 11.8. The normalized spacial score (nSPS) is 14.1. The number of aliphatic hydroxyl groups is 1. The number of unbranched alkanes of at least 4 members (excludes halogenated alkanes) is 43. The van der Waals surface area contributed by atoms with E-state index >= 15 is 0 Å². The van der Waals surface area contributed by atoms with Crippen LogP contribution in [-0.2, 0) is 65.4 Å². The highest BCUT2D eigenvalue weighted by atomic mass is 31.2. The average molecular weight is 1410 g/mol. The Morgan fingerprint density at radius 2 is 0.479 bits per heavy atom. The Morgan fingerprint density at radius 3 is 0.708 bits per heavy atom. The van der Waals surface area contributed by atoms with Crippen molar-refractivity contribution in [3.05, 3.63) is 0 Å². The molecular formula is C77H150O17P2. The van der Waals surface area contributed by atoms with Gasteiger partial charge in [0, 0.05) is 25.7 Å². The number of aliphatic hydroxyl groups excluding tert-OH is 1. The number of ether oxygens (including phenoxy) is 4. The van der Waals surface area contributed by atoms with Gasteiger partial charge in [0.25, 0.3) is 0 Å². The van der Waals surface area contributed by atoms with Crippen molar-refractivity contribution in [3.63, 3.8) is 0 Å². The molecule has 0 aromatic carbocycles. The van der Waals surface area contributed by atoms with Gasteiger partial charge in [0.15, 0.2) is 12.2 Å². The minimum atomic E-state index is -4.96. The molecule has 19 heteroatoms. The Bertz CT molecular complexity index is 1870. The Hall–Kier alpha value is -1.94. The molecule has 0 bridgehead atoms. The Kier molecular flexibility index (Phi) is 66.2. The van der Waals surface area contributed by atoms with E-state index < -0.39 is 97.5 Å². The topological polar surface area (TPSA) is 237 Å². The maximum absolute atomic E-state index is 13.1. The summed E-state index contributed by atoms with van der Waals surface area (Å²) in [5.41, 5.74) is 0. The molecule has 0 amide bonds. The molecule has 0 fully saturated rings. The molecule has 96 heavy (non-hydrogen) atoms. The van der Waals surface area contributed by atoms with E-state index in [1.807, 2.05) is 0 Å². The molecule has 0 heterocycles. The number of hydrogen-bond acceptors (Lipinski definition) is 15. The predicted octanol–water partition coefficient (Wildman–Crippen LogP) is 22.6. The smallest absolute Gasteiger partial charge is 0.462 e. The summed E-state index contributed by atoms with van der Waals surface area (Å²) in [7, 11) is -9.91. The van der Waals surface area contributed by atoms with E-state index in [9.17, 15) is 43.2 Å². The van der Waals surface area contributed by atoms with E-state index in [4.69, 9.17) is 37.0 Å². The molecule has 5 atom stereocenters. The van der Waals surface area contributed by atoms with E-state index in [0.29, 0.717) is 31.6 Å². The molecular weight excluding hydrogens is 1260 g/mol. The largest absolute Gasteiger partial charge is 0.472 e. The van der Waals surface area contributed by atoms with Crippen molar-refractivity contribution in [3.8, 4) is 0 Å². The zero-order valence-electron chi connectivity index (χ0n) is 62.8. The molecule has 0 radical (unpaired) electrons. The number of esters is 4. The fraction of sp³-hybridized carbons (Fsp3) is 0.948. The first-order chi connectivity index (χ1) is 46.2. The van der Waals surface area contributed by atoms with Crippen molar-refractivity contribution in [2.45, 2.75) is 414 Å². The standard InChI is InChI=1S/C77H150O17P2/c1-8-9-10-11-34-44-51-58-74(79)87-64-72(94-77(82)61-54-47-40-33-37-43-50-57-70(6)7)66-91-95(83,84)89-62-71(78)63-90-96(85,86)92-67-73(65-88-75(80)59-52-45-38-31-27-23-20-16-18-22-26-30-36-42-49-56-69(4)5)93-76(81)60-53-46-39-32-28-24-19-15-13-12-14-17-21-25-29-35-41-48-55-68(2)3/h68-73,78H,8-67H2,1-7H3,(H,83,84)(H,85,86)/t71-,72+,73+/m0/s1. The lowest BCUT2D eigenvalue weighted by Gasteiger charge is -2.21. The first-order valence-electron chi connectivity index (χ1n) is 39.8. The molecule has 0 spiro atoms. The molecule has 0 aromatic heterocycles. The molecule has 3 N–H and O–H groups in total. The third-order valence-corrected chi connectivity index (χ3v) is 19.8. The second-order valence-corrected chi connectivity index (χ2v) is 32.1. The van der Waals surface area contributed by atoms with Gasteiger partial charge in [0.1, 0.15) is 19.3 Å². The molecule has 0 aliphatic rings. The van der Waals surface area contributed by atoms with Crippen LogP contribution in [0.2, 0.25) is 0 Å². The highest BCUT2D eigenvalue weighted by Gasteiger charge is 2.30. The zero-order chi connectivity index (χ0) is 70.9. The van der Waals surface area contributed by atoms with Crippen LogP contribution >= 0.6 is 15.6 Å². The number of phosphoric ester groups is 2. The summed E-state index contributed by atoms with van der Waals surface area (Å²) in [6.45, 7) is 11.9. The second kappa shape index (κ2) is 67.5. The number of rotatable bonds is 75.